The van der Waals surface area contributed by atoms with Crippen molar-refractivity contribution in [1.29, 1.82) is 0 Å². The molecule has 1 heterocycles. The number of carbonyl (C=O) groups excluding carboxylic acids is 2. The van der Waals surface area contributed by atoms with Gasteiger partial charge >= 0.3 is 0 Å². The topological polar surface area (TPSA) is 117 Å². The zero-order valence-electron chi connectivity index (χ0n) is 17.8. The lowest BCUT2D eigenvalue weighted by molar-refractivity contribution is -0.123. The lowest BCUT2D eigenvalue weighted by Gasteiger charge is -2.21. The van der Waals surface area contributed by atoms with Gasteiger partial charge in [0.25, 0.3) is 10.0 Å². The molecule has 164 valence electrons. The van der Waals surface area contributed by atoms with E-state index >= 15 is 0 Å². The Morgan fingerprint density at radius 2 is 1.74 bits per heavy atom. The molecule has 9 heteroatoms. The van der Waals surface area contributed by atoms with Crippen LogP contribution in [0.3, 0.4) is 0 Å². The van der Waals surface area contributed by atoms with E-state index in [1.165, 1.54) is 13.0 Å². The Bertz CT molecular complexity index is 1140. The predicted octanol–water partition coefficient (Wildman–Crippen LogP) is 2.59. The van der Waals surface area contributed by atoms with E-state index in [0.29, 0.717) is 11.3 Å². The van der Waals surface area contributed by atoms with Crippen molar-refractivity contribution in [3.05, 3.63) is 59.7 Å². The first-order chi connectivity index (χ1) is 14.6. The van der Waals surface area contributed by atoms with Crippen LogP contribution in [0.2, 0.25) is 0 Å². The van der Waals surface area contributed by atoms with Crippen LogP contribution in [0.5, 0.6) is 0 Å². The standard InChI is InChI=1S/C22H26N4O4S/c1-13(2)20(25-21-18-10-5-6-11-19(18)31(29,30)26-21)22(28)23-14(3)16-8-7-9-17(12-16)24-15(4)27/h5-14,20H,1-4H3,(H,23,28)(H,24,27)(H,25,26)/t14?,20-/m0/s1. The van der Waals surface area contributed by atoms with Crippen LogP contribution >= 0.6 is 0 Å². The van der Waals surface area contributed by atoms with Gasteiger partial charge in [-0.2, -0.15) is 0 Å². The van der Waals surface area contributed by atoms with Crippen molar-refractivity contribution < 1.29 is 18.0 Å². The van der Waals surface area contributed by atoms with Crippen molar-refractivity contribution in [2.75, 3.05) is 5.32 Å². The summed E-state index contributed by atoms with van der Waals surface area (Å²) in [5.41, 5.74) is 1.92. The summed E-state index contributed by atoms with van der Waals surface area (Å²) in [7, 11) is -3.68. The van der Waals surface area contributed by atoms with Gasteiger partial charge in [-0.3, -0.25) is 19.3 Å². The Kier molecular flexibility index (Phi) is 6.45. The van der Waals surface area contributed by atoms with Crippen LogP contribution in [0.1, 0.15) is 44.9 Å². The van der Waals surface area contributed by atoms with Crippen molar-refractivity contribution in [1.82, 2.24) is 10.0 Å². The maximum atomic E-state index is 13.0. The number of carbonyl (C=O) groups is 2. The Morgan fingerprint density at radius 1 is 1.03 bits per heavy atom. The number of aliphatic imine (C=N–C) groups is 1. The van der Waals surface area contributed by atoms with Crippen molar-refractivity contribution in [2.24, 2.45) is 10.9 Å². The molecule has 0 aliphatic carbocycles. The average molecular weight is 443 g/mol. The number of nitrogens with zero attached hydrogens (tertiary/aromatic N) is 1. The molecule has 1 aliphatic rings. The van der Waals surface area contributed by atoms with Crippen LogP contribution in [-0.2, 0) is 19.6 Å². The molecule has 0 saturated carbocycles. The lowest BCUT2D eigenvalue weighted by Crippen LogP contribution is -2.39. The highest BCUT2D eigenvalue weighted by molar-refractivity contribution is 7.90. The fourth-order valence-corrected chi connectivity index (χ4v) is 4.59. The predicted molar refractivity (Wildman–Crippen MR) is 119 cm³/mol. The van der Waals surface area contributed by atoms with E-state index in [1.807, 2.05) is 26.8 Å². The van der Waals surface area contributed by atoms with Crippen LogP contribution < -0.4 is 15.4 Å². The van der Waals surface area contributed by atoms with Crippen LogP contribution in [0.4, 0.5) is 5.69 Å². The molecule has 3 N–H and O–H groups in total. The number of benzene rings is 2. The van der Waals surface area contributed by atoms with E-state index in [2.05, 4.69) is 20.3 Å². The molecule has 0 fully saturated rings. The quantitative estimate of drug-likeness (QED) is 0.637. The van der Waals surface area contributed by atoms with E-state index in [-0.39, 0.29) is 34.5 Å². The molecule has 0 radical (unpaired) electrons. The first-order valence-corrected chi connectivity index (χ1v) is 11.4. The Labute approximate surface area is 182 Å². The molecule has 2 amide bonds. The second-order valence-corrected chi connectivity index (χ2v) is 9.46. The van der Waals surface area contributed by atoms with E-state index in [1.54, 1.807) is 36.4 Å². The third-order valence-corrected chi connectivity index (χ3v) is 6.29. The van der Waals surface area contributed by atoms with Gasteiger partial charge in [0.15, 0.2) is 0 Å². The van der Waals surface area contributed by atoms with Crippen LogP contribution in [0, 0.1) is 5.92 Å². The highest BCUT2D eigenvalue weighted by atomic mass is 32.2. The number of amides is 2. The minimum Gasteiger partial charge on any atom is -0.348 e. The van der Waals surface area contributed by atoms with Crippen molar-refractivity contribution in [3.8, 4) is 0 Å². The molecule has 0 saturated heterocycles. The summed E-state index contributed by atoms with van der Waals surface area (Å²) in [5.74, 6) is -0.486. The van der Waals surface area contributed by atoms with E-state index in [9.17, 15) is 18.0 Å². The fourth-order valence-electron chi connectivity index (χ4n) is 3.35. The lowest BCUT2D eigenvalue weighted by atomic mass is 10.0. The second-order valence-electron chi connectivity index (χ2n) is 7.81. The number of nitrogens with one attached hydrogen (secondary N) is 3. The molecular weight excluding hydrogens is 416 g/mol. The van der Waals surface area contributed by atoms with E-state index in [4.69, 9.17) is 0 Å². The van der Waals surface area contributed by atoms with Gasteiger partial charge in [0.2, 0.25) is 11.8 Å². The largest absolute Gasteiger partial charge is 0.348 e. The Morgan fingerprint density at radius 3 is 2.42 bits per heavy atom. The maximum absolute atomic E-state index is 13.0. The van der Waals surface area contributed by atoms with E-state index < -0.39 is 16.1 Å². The van der Waals surface area contributed by atoms with Gasteiger partial charge in [0.05, 0.1) is 10.9 Å². The Hall–Kier alpha value is -3.20. The molecule has 2 aromatic carbocycles. The molecular formula is C22H26N4O4S. The third-order valence-electron chi connectivity index (χ3n) is 4.90. The van der Waals surface area contributed by atoms with Crippen LogP contribution in [-0.4, -0.2) is 32.1 Å². The van der Waals surface area contributed by atoms with Crippen LogP contribution in [0.15, 0.2) is 58.4 Å². The second kappa shape index (κ2) is 8.89. The number of amidine groups is 1. The fraction of sp³-hybridized carbons (Fsp3) is 0.318. The molecule has 2 atom stereocenters. The first-order valence-electron chi connectivity index (χ1n) is 9.96. The number of sulfonamides is 1. The highest BCUT2D eigenvalue weighted by Gasteiger charge is 2.32. The zero-order valence-corrected chi connectivity index (χ0v) is 18.7. The van der Waals surface area contributed by atoms with Crippen LogP contribution in [0.25, 0.3) is 0 Å². The molecule has 0 aromatic heterocycles. The summed E-state index contributed by atoms with van der Waals surface area (Å²) < 4.78 is 27.1. The molecule has 1 unspecified atom stereocenters. The summed E-state index contributed by atoms with van der Waals surface area (Å²) in [6.45, 7) is 6.97. The number of hydrogen-bond acceptors (Lipinski definition) is 5. The highest BCUT2D eigenvalue weighted by Crippen LogP contribution is 2.24. The van der Waals surface area contributed by atoms with Crippen molar-refractivity contribution >= 4 is 33.4 Å². The summed E-state index contributed by atoms with van der Waals surface area (Å²) in [6, 6.07) is 12.6. The normalized spacial score (nSPS) is 17.5. The molecule has 31 heavy (non-hydrogen) atoms. The van der Waals surface area contributed by atoms with Gasteiger partial charge in [-0.05, 0) is 42.7 Å². The van der Waals surface area contributed by atoms with Gasteiger partial charge in [-0.15, -0.1) is 0 Å². The van der Waals surface area contributed by atoms with Gasteiger partial charge in [0.1, 0.15) is 11.9 Å². The third kappa shape index (κ3) is 5.11. The molecule has 3 rings (SSSR count). The molecule has 0 spiro atoms. The van der Waals surface area contributed by atoms with Crippen molar-refractivity contribution in [3.63, 3.8) is 0 Å². The monoisotopic (exact) mass is 442 g/mol. The molecule has 2 aromatic rings. The minimum absolute atomic E-state index is 0.153. The minimum atomic E-state index is -3.68. The van der Waals surface area contributed by atoms with Crippen molar-refractivity contribution in [2.45, 2.75) is 44.7 Å². The smallest absolute Gasteiger partial charge is 0.263 e. The van der Waals surface area contributed by atoms with E-state index in [0.717, 1.165) is 5.56 Å². The van der Waals surface area contributed by atoms with Gasteiger partial charge in [-0.25, -0.2) is 8.42 Å². The number of anilines is 1. The molecule has 1 aliphatic heterocycles. The molecule has 0 bridgehead atoms. The number of fused-ring (bicyclic) bond motifs is 1. The zero-order chi connectivity index (χ0) is 22.8. The van der Waals surface area contributed by atoms with Gasteiger partial charge < -0.3 is 10.6 Å². The summed E-state index contributed by atoms with van der Waals surface area (Å²) in [4.78, 5) is 28.9. The SMILES string of the molecule is CC(=O)Nc1cccc(C(C)NC(=O)[C@@H](N=C2NS(=O)(=O)c3ccccc32)C(C)C)c1. The number of rotatable bonds is 6. The average Bonchev–Trinajstić information content (AvgIpc) is 2.96. The maximum Gasteiger partial charge on any atom is 0.263 e. The molecule has 8 nitrogen and oxygen atoms in total. The van der Waals surface area contributed by atoms with Gasteiger partial charge in [0, 0.05) is 18.2 Å². The summed E-state index contributed by atoms with van der Waals surface area (Å²) in [6.07, 6.45) is 0. The summed E-state index contributed by atoms with van der Waals surface area (Å²) >= 11 is 0. The summed E-state index contributed by atoms with van der Waals surface area (Å²) in [5, 5.41) is 5.66. The Balaban J connectivity index is 1.82. The number of hydrogen-bond donors (Lipinski definition) is 3. The first kappa shape index (κ1) is 22.5. The van der Waals surface area contributed by atoms with Gasteiger partial charge in [-0.1, -0.05) is 38.1 Å².